The van der Waals surface area contributed by atoms with Gasteiger partial charge in [-0.15, -0.1) is 0 Å². The number of carbonyl (C=O) groups is 2. The van der Waals surface area contributed by atoms with Gasteiger partial charge in [0.15, 0.2) is 0 Å². The van der Waals surface area contributed by atoms with E-state index in [2.05, 4.69) is 5.32 Å². The van der Waals surface area contributed by atoms with Gasteiger partial charge in [-0.3, -0.25) is 4.79 Å². The Morgan fingerprint density at radius 3 is 2.72 bits per heavy atom. The monoisotopic (exact) mass is 474 g/mol. The molecule has 3 aromatic rings. The summed E-state index contributed by atoms with van der Waals surface area (Å²) in [6, 6.07) is 12.7. The largest absolute Gasteiger partial charge is 0.461 e. The number of esters is 1. The first-order chi connectivity index (χ1) is 15.5. The Morgan fingerprint density at radius 2 is 2.00 bits per heavy atom. The molecule has 0 spiro atoms. The van der Waals surface area contributed by atoms with Crippen LogP contribution < -0.4 is 5.32 Å². The van der Waals surface area contributed by atoms with E-state index in [0.717, 1.165) is 23.9 Å². The minimum absolute atomic E-state index is 0.00504. The number of carbonyl (C=O) groups excluding carboxylic acids is 2. The van der Waals surface area contributed by atoms with Crippen LogP contribution in [0, 0.1) is 0 Å². The molecule has 1 aromatic heterocycles. The van der Waals surface area contributed by atoms with Crippen LogP contribution in [0.25, 0.3) is 10.9 Å². The van der Waals surface area contributed by atoms with Crippen LogP contribution in [0.2, 0.25) is 10.0 Å². The molecule has 4 rings (SSSR count). The lowest BCUT2D eigenvalue weighted by Crippen LogP contribution is -2.33. The van der Waals surface area contributed by atoms with E-state index in [0.29, 0.717) is 40.7 Å². The number of benzene rings is 2. The fraction of sp³-hybridized carbons (Fsp3) is 0.333. The van der Waals surface area contributed by atoms with Crippen molar-refractivity contribution in [2.75, 3.05) is 19.8 Å². The zero-order valence-corrected chi connectivity index (χ0v) is 19.2. The molecule has 1 atom stereocenters. The first kappa shape index (κ1) is 22.6. The first-order valence-corrected chi connectivity index (χ1v) is 11.4. The maximum Gasteiger partial charge on any atom is 0.355 e. The van der Waals surface area contributed by atoms with E-state index in [1.54, 1.807) is 23.6 Å². The van der Waals surface area contributed by atoms with Crippen molar-refractivity contribution in [1.82, 2.24) is 9.88 Å². The maximum absolute atomic E-state index is 13.3. The summed E-state index contributed by atoms with van der Waals surface area (Å²) in [5.41, 5.74) is 2.11. The Morgan fingerprint density at radius 1 is 1.19 bits per heavy atom. The molecule has 8 heteroatoms. The topological polar surface area (TPSA) is 69.6 Å². The van der Waals surface area contributed by atoms with E-state index >= 15 is 0 Å². The van der Waals surface area contributed by atoms with Crippen LogP contribution in [-0.2, 0) is 16.0 Å². The lowest BCUT2D eigenvalue weighted by atomic mass is 10.1. The normalized spacial score (nSPS) is 15.8. The van der Waals surface area contributed by atoms with Gasteiger partial charge in [-0.2, -0.15) is 0 Å². The van der Waals surface area contributed by atoms with Gasteiger partial charge in [-0.1, -0.05) is 47.5 Å². The Balaban J connectivity index is 1.79. The molecule has 2 heterocycles. The third-order valence-electron chi connectivity index (χ3n) is 5.51. The lowest BCUT2D eigenvalue weighted by molar-refractivity contribution is 0.0511. The molecule has 0 saturated carbocycles. The van der Waals surface area contributed by atoms with Gasteiger partial charge in [0.2, 0.25) is 0 Å². The van der Waals surface area contributed by atoms with Gasteiger partial charge in [0.25, 0.3) is 5.91 Å². The van der Waals surface area contributed by atoms with Crippen LogP contribution in [0.4, 0.5) is 0 Å². The number of amides is 1. The van der Waals surface area contributed by atoms with Gasteiger partial charge >= 0.3 is 5.97 Å². The average Bonchev–Trinajstić information content (AvgIpc) is 3.41. The molecule has 2 aromatic carbocycles. The van der Waals surface area contributed by atoms with Crippen molar-refractivity contribution >= 4 is 46.0 Å². The average molecular weight is 475 g/mol. The molecule has 6 nitrogen and oxygen atoms in total. The number of aromatic nitrogens is 1. The molecule has 1 saturated heterocycles. The minimum Gasteiger partial charge on any atom is -0.461 e. The SMILES string of the molecule is CCOC(=O)c1c(C(=O)NCC2CCCO2)c2ccccc2n1Cc1ccc(Cl)c(Cl)c1. The fourth-order valence-electron chi connectivity index (χ4n) is 4.03. The maximum atomic E-state index is 13.3. The highest BCUT2D eigenvalue weighted by molar-refractivity contribution is 6.42. The quantitative estimate of drug-likeness (QED) is 0.484. The Kier molecular flexibility index (Phi) is 7.04. The number of hydrogen-bond donors (Lipinski definition) is 1. The van der Waals surface area contributed by atoms with E-state index in [9.17, 15) is 9.59 Å². The van der Waals surface area contributed by atoms with Crippen molar-refractivity contribution in [3.8, 4) is 0 Å². The highest BCUT2D eigenvalue weighted by Crippen LogP contribution is 2.30. The van der Waals surface area contributed by atoms with E-state index in [4.69, 9.17) is 32.7 Å². The molecule has 0 aliphatic carbocycles. The summed E-state index contributed by atoms with van der Waals surface area (Å²) < 4.78 is 12.7. The molecule has 1 aliphatic rings. The second-order valence-electron chi connectivity index (χ2n) is 7.64. The van der Waals surface area contributed by atoms with Crippen molar-refractivity contribution < 1.29 is 19.1 Å². The molecule has 1 aliphatic heterocycles. The summed E-state index contributed by atoms with van der Waals surface area (Å²) in [6.45, 7) is 3.36. The Bertz CT molecular complexity index is 1150. The summed E-state index contributed by atoms with van der Waals surface area (Å²) in [5, 5.41) is 4.50. The third-order valence-corrected chi connectivity index (χ3v) is 6.24. The zero-order valence-electron chi connectivity index (χ0n) is 17.7. The standard InChI is InChI=1S/C24H24Cl2N2O4/c1-2-31-24(30)22-21(23(29)27-13-16-6-5-11-32-16)17-7-3-4-8-20(17)28(22)14-15-9-10-18(25)19(26)12-15/h3-4,7-10,12,16H,2,5-6,11,13-14H2,1H3,(H,27,29). The van der Waals surface area contributed by atoms with E-state index in [-0.39, 0.29) is 24.3 Å². The Labute approximate surface area is 196 Å². The van der Waals surface area contributed by atoms with Crippen LogP contribution in [0.15, 0.2) is 42.5 Å². The van der Waals surface area contributed by atoms with E-state index in [1.165, 1.54) is 0 Å². The summed E-state index contributed by atoms with van der Waals surface area (Å²) in [5.74, 6) is -0.876. The summed E-state index contributed by atoms with van der Waals surface area (Å²) in [6.07, 6.45) is 1.89. The minimum atomic E-state index is -0.550. The van der Waals surface area contributed by atoms with Crippen molar-refractivity contribution in [3.05, 3.63) is 69.3 Å². The first-order valence-electron chi connectivity index (χ1n) is 10.6. The van der Waals surface area contributed by atoms with Crippen molar-refractivity contribution in [3.63, 3.8) is 0 Å². The van der Waals surface area contributed by atoms with Gasteiger partial charge in [-0.05, 0) is 43.5 Å². The summed E-state index contributed by atoms with van der Waals surface area (Å²) >= 11 is 12.3. The highest BCUT2D eigenvalue weighted by atomic mass is 35.5. The smallest absolute Gasteiger partial charge is 0.355 e. The number of halogens is 2. The molecular weight excluding hydrogens is 451 g/mol. The van der Waals surface area contributed by atoms with Gasteiger partial charge in [0.05, 0.1) is 28.3 Å². The Hall–Kier alpha value is -2.54. The van der Waals surface area contributed by atoms with E-state index < -0.39 is 5.97 Å². The lowest BCUT2D eigenvalue weighted by Gasteiger charge is -2.13. The highest BCUT2D eigenvalue weighted by Gasteiger charge is 2.29. The molecule has 1 fully saturated rings. The van der Waals surface area contributed by atoms with Crippen LogP contribution in [0.1, 0.15) is 46.2 Å². The van der Waals surface area contributed by atoms with Crippen LogP contribution in [0.3, 0.4) is 0 Å². The van der Waals surface area contributed by atoms with Gasteiger partial charge < -0.3 is 19.4 Å². The summed E-state index contributed by atoms with van der Waals surface area (Å²) in [7, 11) is 0. The second-order valence-corrected chi connectivity index (χ2v) is 8.46. The van der Waals surface area contributed by atoms with Crippen molar-refractivity contribution in [2.24, 2.45) is 0 Å². The molecular formula is C24H24Cl2N2O4. The van der Waals surface area contributed by atoms with E-state index in [1.807, 2.05) is 30.3 Å². The van der Waals surface area contributed by atoms with Gasteiger partial charge in [0.1, 0.15) is 5.69 Å². The second kappa shape index (κ2) is 9.94. The predicted octanol–water partition coefficient (Wildman–Crippen LogP) is 5.08. The van der Waals surface area contributed by atoms with Gasteiger partial charge in [0, 0.05) is 30.6 Å². The van der Waals surface area contributed by atoms with Crippen LogP contribution in [0.5, 0.6) is 0 Å². The predicted molar refractivity (Wildman–Crippen MR) is 125 cm³/mol. The number of fused-ring (bicyclic) bond motifs is 1. The molecule has 1 N–H and O–H groups in total. The number of nitrogens with zero attached hydrogens (tertiary/aromatic N) is 1. The fourth-order valence-corrected chi connectivity index (χ4v) is 4.35. The van der Waals surface area contributed by atoms with Crippen molar-refractivity contribution in [2.45, 2.75) is 32.4 Å². The van der Waals surface area contributed by atoms with Crippen LogP contribution >= 0.6 is 23.2 Å². The number of rotatable bonds is 7. The number of hydrogen-bond acceptors (Lipinski definition) is 4. The summed E-state index contributed by atoms with van der Waals surface area (Å²) in [4.78, 5) is 26.3. The third kappa shape index (κ3) is 4.63. The number of nitrogens with one attached hydrogen (secondary N) is 1. The van der Waals surface area contributed by atoms with Gasteiger partial charge in [-0.25, -0.2) is 4.79 Å². The zero-order chi connectivity index (χ0) is 22.7. The number of ether oxygens (including phenoxy) is 2. The molecule has 32 heavy (non-hydrogen) atoms. The van der Waals surface area contributed by atoms with Crippen LogP contribution in [-0.4, -0.2) is 42.3 Å². The molecule has 1 amide bonds. The molecule has 0 bridgehead atoms. The molecule has 1 unspecified atom stereocenters. The number of para-hydroxylation sites is 1. The molecule has 168 valence electrons. The van der Waals surface area contributed by atoms with Crippen molar-refractivity contribution in [1.29, 1.82) is 0 Å². The molecule has 0 radical (unpaired) electrons.